The minimum absolute atomic E-state index is 0.347. The van der Waals surface area contributed by atoms with Crippen LogP contribution in [0.5, 0.6) is 0 Å². The zero-order valence-electron chi connectivity index (χ0n) is 8.24. The van der Waals surface area contributed by atoms with E-state index < -0.39 is 17.9 Å². The van der Waals surface area contributed by atoms with Crippen LogP contribution in [-0.4, -0.2) is 24.2 Å². The van der Waals surface area contributed by atoms with E-state index in [2.05, 4.69) is 4.74 Å². The Morgan fingerprint density at radius 1 is 1.31 bits per heavy atom. The lowest BCUT2D eigenvalue weighted by Crippen LogP contribution is -2.25. The van der Waals surface area contributed by atoms with E-state index in [1.54, 1.807) is 0 Å². The maximum Gasteiger partial charge on any atom is 0.320 e. The van der Waals surface area contributed by atoms with Crippen molar-refractivity contribution in [2.24, 2.45) is 11.8 Å². The highest BCUT2D eigenvalue weighted by Gasteiger charge is 2.26. The van der Waals surface area contributed by atoms with E-state index in [9.17, 15) is 9.59 Å². The van der Waals surface area contributed by atoms with Crippen LogP contribution in [0, 0.1) is 11.8 Å². The van der Waals surface area contributed by atoms with Crippen LogP contribution < -0.4 is 0 Å². The summed E-state index contributed by atoms with van der Waals surface area (Å²) in [6.45, 7) is 3.96. The number of hydrogen-bond donors (Lipinski definition) is 1. The third-order valence-electron chi connectivity index (χ3n) is 1.82. The lowest BCUT2D eigenvalue weighted by Gasteiger charge is -2.10. The van der Waals surface area contributed by atoms with Crippen LogP contribution in [0.15, 0.2) is 0 Å². The standard InChI is InChI=1S/C9H16O4/c1-6(2)4-5-7(8(10)11)9(12)13-3/h6-7H,4-5H2,1-3H3,(H,10,11). The topological polar surface area (TPSA) is 63.6 Å². The quantitative estimate of drug-likeness (QED) is 0.521. The molecular formula is C9H16O4. The summed E-state index contributed by atoms with van der Waals surface area (Å²) >= 11 is 0. The second kappa shape index (κ2) is 5.56. The molecule has 0 amide bonds. The van der Waals surface area contributed by atoms with Crippen molar-refractivity contribution in [1.82, 2.24) is 0 Å². The lowest BCUT2D eigenvalue weighted by molar-refractivity contribution is -0.157. The van der Waals surface area contributed by atoms with Crippen molar-refractivity contribution in [2.75, 3.05) is 7.11 Å². The molecule has 1 N–H and O–H groups in total. The predicted molar refractivity (Wildman–Crippen MR) is 47.2 cm³/mol. The van der Waals surface area contributed by atoms with Crippen LogP contribution in [0.3, 0.4) is 0 Å². The largest absolute Gasteiger partial charge is 0.481 e. The molecule has 0 aliphatic rings. The Balaban J connectivity index is 4.11. The summed E-state index contributed by atoms with van der Waals surface area (Å²) < 4.78 is 4.39. The Kier molecular flexibility index (Phi) is 5.11. The molecule has 0 aromatic carbocycles. The first kappa shape index (κ1) is 11.9. The number of rotatable bonds is 5. The summed E-state index contributed by atoms with van der Waals surface area (Å²) in [5.41, 5.74) is 0. The smallest absolute Gasteiger partial charge is 0.320 e. The number of ether oxygens (including phenoxy) is 1. The average molecular weight is 188 g/mol. The maximum atomic E-state index is 11.0. The van der Waals surface area contributed by atoms with Gasteiger partial charge in [0, 0.05) is 0 Å². The number of carboxylic acid groups (broad SMARTS) is 1. The molecule has 0 saturated carbocycles. The van der Waals surface area contributed by atoms with Crippen molar-refractivity contribution in [2.45, 2.75) is 26.7 Å². The molecule has 1 atom stereocenters. The fourth-order valence-electron chi connectivity index (χ4n) is 0.984. The SMILES string of the molecule is COC(=O)C(CCC(C)C)C(=O)O. The highest BCUT2D eigenvalue weighted by atomic mass is 16.5. The molecular weight excluding hydrogens is 172 g/mol. The van der Waals surface area contributed by atoms with E-state index in [-0.39, 0.29) is 0 Å². The summed E-state index contributed by atoms with van der Waals surface area (Å²) in [5.74, 6) is -2.38. The van der Waals surface area contributed by atoms with Crippen LogP contribution in [-0.2, 0) is 14.3 Å². The van der Waals surface area contributed by atoms with Crippen LogP contribution in [0.2, 0.25) is 0 Å². The molecule has 0 fully saturated rings. The number of carbonyl (C=O) groups excluding carboxylic acids is 1. The van der Waals surface area contributed by atoms with Gasteiger partial charge in [0.15, 0.2) is 5.92 Å². The van der Waals surface area contributed by atoms with Crippen molar-refractivity contribution in [3.8, 4) is 0 Å². The molecule has 0 bridgehead atoms. The zero-order chi connectivity index (χ0) is 10.4. The minimum atomic E-state index is -1.10. The van der Waals surface area contributed by atoms with Gasteiger partial charge in [-0.15, -0.1) is 0 Å². The molecule has 4 nitrogen and oxygen atoms in total. The Morgan fingerprint density at radius 3 is 2.15 bits per heavy atom. The van der Waals surface area contributed by atoms with Crippen molar-refractivity contribution in [3.05, 3.63) is 0 Å². The van der Waals surface area contributed by atoms with E-state index in [1.807, 2.05) is 13.8 Å². The normalized spacial score (nSPS) is 12.6. The van der Waals surface area contributed by atoms with Crippen molar-refractivity contribution in [1.29, 1.82) is 0 Å². The van der Waals surface area contributed by atoms with Crippen molar-refractivity contribution in [3.63, 3.8) is 0 Å². The first-order chi connectivity index (χ1) is 5.99. The molecule has 0 aromatic rings. The van der Waals surface area contributed by atoms with Gasteiger partial charge >= 0.3 is 11.9 Å². The molecule has 13 heavy (non-hydrogen) atoms. The van der Waals surface area contributed by atoms with Crippen LogP contribution in [0.1, 0.15) is 26.7 Å². The molecule has 76 valence electrons. The minimum Gasteiger partial charge on any atom is -0.481 e. The van der Waals surface area contributed by atoms with Crippen molar-refractivity contribution >= 4 is 11.9 Å². The molecule has 0 heterocycles. The third kappa shape index (κ3) is 4.50. The van der Waals surface area contributed by atoms with Crippen LogP contribution >= 0.6 is 0 Å². The second-order valence-electron chi connectivity index (χ2n) is 3.39. The van der Waals surface area contributed by atoms with Gasteiger partial charge in [0.25, 0.3) is 0 Å². The number of carbonyl (C=O) groups is 2. The number of carboxylic acids is 1. The predicted octanol–water partition coefficient (Wildman–Crippen LogP) is 1.30. The number of methoxy groups -OCH3 is 1. The average Bonchev–Trinajstić information content (AvgIpc) is 2.03. The molecule has 0 aliphatic carbocycles. The molecule has 0 spiro atoms. The van der Waals surface area contributed by atoms with Crippen LogP contribution in [0.25, 0.3) is 0 Å². The zero-order valence-corrected chi connectivity index (χ0v) is 8.24. The van der Waals surface area contributed by atoms with Gasteiger partial charge in [-0.25, -0.2) is 0 Å². The summed E-state index contributed by atoms with van der Waals surface area (Å²) in [6.07, 6.45) is 1.06. The fourth-order valence-corrected chi connectivity index (χ4v) is 0.984. The first-order valence-electron chi connectivity index (χ1n) is 4.29. The second-order valence-corrected chi connectivity index (χ2v) is 3.39. The van der Waals surface area contributed by atoms with Crippen LogP contribution in [0.4, 0.5) is 0 Å². The molecule has 0 radical (unpaired) electrons. The van der Waals surface area contributed by atoms with E-state index in [4.69, 9.17) is 5.11 Å². The highest BCUT2D eigenvalue weighted by Crippen LogP contribution is 2.13. The first-order valence-corrected chi connectivity index (χ1v) is 4.29. The molecule has 0 aliphatic heterocycles. The van der Waals surface area contributed by atoms with Gasteiger partial charge < -0.3 is 9.84 Å². The maximum absolute atomic E-state index is 11.0. The van der Waals surface area contributed by atoms with Gasteiger partial charge in [-0.2, -0.15) is 0 Å². The van der Waals surface area contributed by atoms with E-state index >= 15 is 0 Å². The summed E-state index contributed by atoms with van der Waals surface area (Å²) in [6, 6.07) is 0. The highest BCUT2D eigenvalue weighted by molar-refractivity contribution is 5.93. The summed E-state index contributed by atoms with van der Waals surface area (Å²) in [4.78, 5) is 21.6. The lowest BCUT2D eigenvalue weighted by atomic mass is 9.98. The van der Waals surface area contributed by atoms with Gasteiger partial charge in [0.1, 0.15) is 0 Å². The van der Waals surface area contributed by atoms with Crippen molar-refractivity contribution < 1.29 is 19.4 Å². The van der Waals surface area contributed by atoms with Gasteiger partial charge in [0.05, 0.1) is 7.11 Å². The van der Waals surface area contributed by atoms with E-state index in [0.29, 0.717) is 18.8 Å². The molecule has 0 aromatic heterocycles. The Labute approximate surface area is 77.9 Å². The summed E-state index contributed by atoms with van der Waals surface area (Å²) in [7, 11) is 1.20. The van der Waals surface area contributed by atoms with Gasteiger partial charge in [-0.05, 0) is 18.8 Å². The van der Waals surface area contributed by atoms with Gasteiger partial charge in [-0.3, -0.25) is 9.59 Å². The monoisotopic (exact) mass is 188 g/mol. The van der Waals surface area contributed by atoms with Gasteiger partial charge in [-0.1, -0.05) is 13.8 Å². The Hall–Kier alpha value is -1.06. The van der Waals surface area contributed by atoms with E-state index in [0.717, 1.165) is 0 Å². The number of aliphatic carboxylic acids is 1. The molecule has 4 heteroatoms. The van der Waals surface area contributed by atoms with E-state index in [1.165, 1.54) is 7.11 Å². The molecule has 1 unspecified atom stereocenters. The third-order valence-corrected chi connectivity index (χ3v) is 1.82. The summed E-state index contributed by atoms with van der Waals surface area (Å²) in [5, 5.41) is 8.69. The Morgan fingerprint density at radius 2 is 1.85 bits per heavy atom. The number of hydrogen-bond acceptors (Lipinski definition) is 3. The van der Waals surface area contributed by atoms with Gasteiger partial charge in [0.2, 0.25) is 0 Å². The molecule has 0 rings (SSSR count). The number of esters is 1. The fraction of sp³-hybridized carbons (Fsp3) is 0.778. The molecule has 0 saturated heterocycles. The Bertz CT molecular complexity index is 186.